The fourth-order valence-corrected chi connectivity index (χ4v) is 5.29. The highest BCUT2D eigenvalue weighted by Gasteiger charge is 2.58. The maximum Gasteiger partial charge on any atom is 0.313 e. The van der Waals surface area contributed by atoms with Crippen LogP contribution in [0, 0.1) is 17.3 Å². The number of carbonyl (C=O) groups excluding carboxylic acids is 1. The molecule has 130 valence electrons. The summed E-state index contributed by atoms with van der Waals surface area (Å²) in [5.41, 5.74) is 2.00. The number of carboxylic acid groups (broad SMARTS) is 1. The molecular formula is C17H23N3O3S. The molecule has 1 amide bonds. The molecule has 1 aromatic rings. The Bertz CT molecular complexity index is 629. The number of hydrogen-bond acceptors (Lipinski definition) is 5. The lowest BCUT2D eigenvalue weighted by Crippen LogP contribution is -2.43. The predicted octanol–water partition coefficient (Wildman–Crippen LogP) is 1.68. The van der Waals surface area contributed by atoms with E-state index in [1.54, 1.807) is 16.8 Å². The van der Waals surface area contributed by atoms with E-state index in [-0.39, 0.29) is 17.7 Å². The molecule has 2 aliphatic heterocycles. The van der Waals surface area contributed by atoms with Crippen LogP contribution >= 0.6 is 11.3 Å². The van der Waals surface area contributed by atoms with Gasteiger partial charge in [-0.3, -0.25) is 14.5 Å². The maximum atomic E-state index is 12.7. The summed E-state index contributed by atoms with van der Waals surface area (Å²) in [7, 11) is 0. The standard InChI is InChI=1S/C17H23N3O3S/c21-15(12-3-1-2-4-12)20-6-13-5-19(7-14-8-24-11-18-14)9-17(13,10-20)16(22)23/h8,11-13H,1-7,9-10H2,(H,22,23)/t13-,17-/m0/s1. The third-order valence-electron chi connectivity index (χ3n) is 5.99. The fourth-order valence-electron chi connectivity index (χ4n) is 4.74. The number of aliphatic carboxylic acids is 1. The molecule has 0 bridgehead atoms. The van der Waals surface area contributed by atoms with Crippen molar-refractivity contribution in [2.24, 2.45) is 17.3 Å². The number of hydrogen-bond donors (Lipinski definition) is 1. The highest BCUT2D eigenvalue weighted by molar-refractivity contribution is 7.07. The second-order valence-corrected chi connectivity index (χ2v) is 8.23. The molecule has 2 atom stereocenters. The van der Waals surface area contributed by atoms with E-state index in [0.717, 1.165) is 37.9 Å². The first-order chi connectivity index (χ1) is 11.6. The molecular weight excluding hydrogens is 326 g/mol. The third kappa shape index (κ3) is 2.63. The van der Waals surface area contributed by atoms with Crippen molar-refractivity contribution in [1.29, 1.82) is 0 Å². The fraction of sp³-hybridized carbons (Fsp3) is 0.706. The van der Waals surface area contributed by atoms with Crippen molar-refractivity contribution in [1.82, 2.24) is 14.8 Å². The first kappa shape index (κ1) is 16.0. The van der Waals surface area contributed by atoms with E-state index in [4.69, 9.17) is 0 Å². The minimum absolute atomic E-state index is 0.0268. The second-order valence-electron chi connectivity index (χ2n) is 7.51. The normalized spacial score (nSPS) is 30.8. The Kier molecular flexibility index (Phi) is 4.08. The third-order valence-corrected chi connectivity index (χ3v) is 6.63. The average Bonchev–Trinajstić information content (AvgIpc) is 3.30. The van der Waals surface area contributed by atoms with Gasteiger partial charge < -0.3 is 10.0 Å². The number of likely N-dealkylation sites (tertiary alicyclic amines) is 2. The molecule has 3 heterocycles. The smallest absolute Gasteiger partial charge is 0.313 e. The van der Waals surface area contributed by atoms with E-state index in [1.165, 1.54) is 0 Å². The van der Waals surface area contributed by atoms with Crippen molar-refractivity contribution in [3.8, 4) is 0 Å². The van der Waals surface area contributed by atoms with Crippen LogP contribution in [0.5, 0.6) is 0 Å². The Morgan fingerprint density at radius 3 is 2.71 bits per heavy atom. The number of aromatic nitrogens is 1. The summed E-state index contributed by atoms with van der Waals surface area (Å²) in [6.45, 7) is 2.91. The summed E-state index contributed by atoms with van der Waals surface area (Å²) in [5.74, 6) is -0.414. The van der Waals surface area contributed by atoms with Gasteiger partial charge in [0, 0.05) is 49.9 Å². The highest BCUT2D eigenvalue weighted by Crippen LogP contribution is 2.44. The lowest BCUT2D eigenvalue weighted by molar-refractivity contribution is -0.149. The van der Waals surface area contributed by atoms with Crippen LogP contribution in [-0.4, -0.2) is 57.9 Å². The number of amides is 1. The highest BCUT2D eigenvalue weighted by atomic mass is 32.1. The van der Waals surface area contributed by atoms with Gasteiger partial charge in [0.15, 0.2) is 0 Å². The number of carbonyl (C=O) groups is 2. The van der Waals surface area contributed by atoms with Gasteiger partial charge in [-0.2, -0.15) is 0 Å². The molecule has 3 fully saturated rings. The van der Waals surface area contributed by atoms with Crippen LogP contribution in [0.1, 0.15) is 31.4 Å². The Morgan fingerprint density at radius 2 is 2.08 bits per heavy atom. The topological polar surface area (TPSA) is 73.7 Å². The Balaban J connectivity index is 1.47. The number of carboxylic acids is 1. The maximum absolute atomic E-state index is 12.7. The van der Waals surface area contributed by atoms with Crippen molar-refractivity contribution in [3.05, 3.63) is 16.6 Å². The van der Waals surface area contributed by atoms with Crippen LogP contribution < -0.4 is 0 Å². The average molecular weight is 349 g/mol. The molecule has 2 saturated heterocycles. The summed E-state index contributed by atoms with van der Waals surface area (Å²) in [6.07, 6.45) is 4.18. The first-order valence-corrected chi connectivity index (χ1v) is 9.64. The van der Waals surface area contributed by atoms with E-state index < -0.39 is 11.4 Å². The molecule has 1 aliphatic carbocycles. The minimum Gasteiger partial charge on any atom is -0.481 e. The van der Waals surface area contributed by atoms with Gasteiger partial charge in [0.2, 0.25) is 5.91 Å². The SMILES string of the molecule is O=C(C1CCCC1)N1C[C@@H]2CN(Cc3cscn3)C[C@]2(C(=O)O)C1. The molecule has 4 rings (SSSR count). The van der Waals surface area contributed by atoms with Crippen molar-refractivity contribution in [2.75, 3.05) is 26.2 Å². The monoisotopic (exact) mass is 349 g/mol. The van der Waals surface area contributed by atoms with E-state index in [1.807, 2.05) is 10.3 Å². The van der Waals surface area contributed by atoms with Crippen LogP contribution in [0.25, 0.3) is 0 Å². The van der Waals surface area contributed by atoms with Gasteiger partial charge in [-0.25, -0.2) is 4.98 Å². The van der Waals surface area contributed by atoms with Crippen LogP contribution in [0.4, 0.5) is 0 Å². The quantitative estimate of drug-likeness (QED) is 0.895. The zero-order valence-electron chi connectivity index (χ0n) is 13.7. The van der Waals surface area contributed by atoms with Gasteiger partial charge in [0.1, 0.15) is 5.41 Å². The Hall–Kier alpha value is -1.47. The largest absolute Gasteiger partial charge is 0.481 e. The van der Waals surface area contributed by atoms with Gasteiger partial charge in [0.05, 0.1) is 11.2 Å². The number of thiazole rings is 1. The number of fused-ring (bicyclic) bond motifs is 1. The molecule has 0 unspecified atom stereocenters. The van der Waals surface area contributed by atoms with E-state index in [0.29, 0.717) is 26.2 Å². The van der Waals surface area contributed by atoms with Crippen LogP contribution in [0.3, 0.4) is 0 Å². The van der Waals surface area contributed by atoms with Crippen LogP contribution in [0.15, 0.2) is 10.9 Å². The summed E-state index contributed by atoms with van der Waals surface area (Å²) in [5, 5.41) is 11.9. The molecule has 7 heteroatoms. The Morgan fingerprint density at radius 1 is 1.29 bits per heavy atom. The lowest BCUT2D eigenvalue weighted by Gasteiger charge is -2.26. The van der Waals surface area contributed by atoms with Gasteiger partial charge in [-0.1, -0.05) is 12.8 Å². The van der Waals surface area contributed by atoms with Gasteiger partial charge >= 0.3 is 5.97 Å². The van der Waals surface area contributed by atoms with Crippen LogP contribution in [0.2, 0.25) is 0 Å². The van der Waals surface area contributed by atoms with E-state index in [9.17, 15) is 14.7 Å². The zero-order valence-corrected chi connectivity index (χ0v) is 14.5. The molecule has 0 spiro atoms. The van der Waals surface area contributed by atoms with Crippen molar-refractivity contribution in [3.63, 3.8) is 0 Å². The summed E-state index contributed by atoms with van der Waals surface area (Å²) >= 11 is 1.56. The molecule has 1 N–H and O–H groups in total. The summed E-state index contributed by atoms with van der Waals surface area (Å²) < 4.78 is 0. The van der Waals surface area contributed by atoms with Crippen molar-refractivity contribution < 1.29 is 14.7 Å². The molecule has 24 heavy (non-hydrogen) atoms. The number of rotatable bonds is 4. The van der Waals surface area contributed by atoms with Gasteiger partial charge in [0.25, 0.3) is 0 Å². The van der Waals surface area contributed by atoms with Gasteiger partial charge in [-0.05, 0) is 12.8 Å². The molecule has 1 aromatic heterocycles. The summed E-state index contributed by atoms with van der Waals surface area (Å²) in [6, 6.07) is 0. The molecule has 0 aromatic carbocycles. The second kappa shape index (κ2) is 6.11. The predicted molar refractivity (Wildman–Crippen MR) is 89.5 cm³/mol. The lowest BCUT2D eigenvalue weighted by atomic mass is 9.81. The number of nitrogens with zero attached hydrogens (tertiary/aromatic N) is 3. The Labute approximate surface area is 145 Å². The summed E-state index contributed by atoms with van der Waals surface area (Å²) in [4.78, 5) is 33.1. The molecule has 3 aliphatic rings. The first-order valence-electron chi connectivity index (χ1n) is 8.70. The minimum atomic E-state index is -0.801. The molecule has 1 saturated carbocycles. The van der Waals surface area contributed by atoms with E-state index >= 15 is 0 Å². The van der Waals surface area contributed by atoms with E-state index in [2.05, 4.69) is 9.88 Å². The zero-order chi connectivity index (χ0) is 16.7. The molecule has 6 nitrogen and oxygen atoms in total. The van der Waals surface area contributed by atoms with Crippen molar-refractivity contribution >= 4 is 23.2 Å². The van der Waals surface area contributed by atoms with Crippen molar-refractivity contribution in [2.45, 2.75) is 32.2 Å². The van der Waals surface area contributed by atoms with Gasteiger partial charge in [-0.15, -0.1) is 11.3 Å². The van der Waals surface area contributed by atoms with Crippen LogP contribution in [-0.2, 0) is 16.1 Å². The molecule has 0 radical (unpaired) electrons.